The summed E-state index contributed by atoms with van der Waals surface area (Å²) in [5, 5.41) is 0. The van der Waals surface area contributed by atoms with Crippen molar-refractivity contribution < 1.29 is 4.79 Å². The van der Waals surface area contributed by atoms with Crippen molar-refractivity contribution in [2.75, 3.05) is 13.1 Å². The number of imidazole rings is 1. The standard InChI is InChI=1S/C23H29N5O3/c1-17(2)13-26-16-24-21-20(26)22(30)28(15-19(29)25-11-7-4-8-12-25)23(31)27(21)14-18-9-5-3-6-10-18/h3,5-6,9-10,16-17H,4,7-8,11-15H2,1-2H3. The molecule has 8 heteroatoms. The molecule has 4 rings (SSSR count). The molecule has 0 radical (unpaired) electrons. The minimum absolute atomic E-state index is 0.181. The van der Waals surface area contributed by atoms with E-state index in [0.29, 0.717) is 36.7 Å². The van der Waals surface area contributed by atoms with E-state index in [9.17, 15) is 14.4 Å². The van der Waals surface area contributed by atoms with Crippen molar-refractivity contribution in [1.29, 1.82) is 0 Å². The van der Waals surface area contributed by atoms with Crippen molar-refractivity contribution in [2.24, 2.45) is 5.92 Å². The summed E-state index contributed by atoms with van der Waals surface area (Å²) in [5.41, 5.74) is 0.711. The third-order valence-corrected chi connectivity index (χ3v) is 5.73. The van der Waals surface area contributed by atoms with Gasteiger partial charge in [-0.2, -0.15) is 0 Å². The third-order valence-electron chi connectivity index (χ3n) is 5.73. The topological polar surface area (TPSA) is 82.1 Å². The highest BCUT2D eigenvalue weighted by molar-refractivity contribution is 5.77. The second kappa shape index (κ2) is 8.91. The molecule has 0 spiro atoms. The van der Waals surface area contributed by atoms with Crippen LogP contribution in [0.1, 0.15) is 38.7 Å². The monoisotopic (exact) mass is 423 g/mol. The first kappa shape index (κ1) is 21.1. The number of likely N-dealkylation sites (tertiary alicyclic amines) is 1. The molecule has 31 heavy (non-hydrogen) atoms. The largest absolute Gasteiger partial charge is 0.341 e. The van der Waals surface area contributed by atoms with Gasteiger partial charge in [0.2, 0.25) is 5.91 Å². The van der Waals surface area contributed by atoms with E-state index in [4.69, 9.17) is 0 Å². The van der Waals surface area contributed by atoms with Crippen LogP contribution in [0.5, 0.6) is 0 Å². The fraction of sp³-hybridized carbons (Fsp3) is 0.478. The van der Waals surface area contributed by atoms with Crippen LogP contribution in [0.2, 0.25) is 0 Å². The van der Waals surface area contributed by atoms with Crippen molar-refractivity contribution in [2.45, 2.75) is 52.7 Å². The summed E-state index contributed by atoms with van der Waals surface area (Å²) < 4.78 is 4.39. The van der Waals surface area contributed by atoms with Gasteiger partial charge in [0.15, 0.2) is 11.2 Å². The number of fused-ring (bicyclic) bond motifs is 1. The summed E-state index contributed by atoms with van der Waals surface area (Å²) in [6.07, 6.45) is 4.63. The van der Waals surface area contributed by atoms with E-state index in [-0.39, 0.29) is 19.0 Å². The first-order chi connectivity index (χ1) is 15.0. The van der Waals surface area contributed by atoms with Gasteiger partial charge in [-0.25, -0.2) is 14.3 Å². The maximum absolute atomic E-state index is 13.4. The first-order valence-corrected chi connectivity index (χ1v) is 11.0. The number of benzene rings is 1. The van der Waals surface area contributed by atoms with Gasteiger partial charge in [0.1, 0.15) is 6.54 Å². The number of nitrogens with zero attached hydrogens (tertiary/aromatic N) is 5. The molecular weight excluding hydrogens is 394 g/mol. The van der Waals surface area contributed by atoms with E-state index in [1.54, 1.807) is 15.8 Å². The molecule has 1 saturated heterocycles. The van der Waals surface area contributed by atoms with Crippen molar-refractivity contribution in [3.05, 3.63) is 63.1 Å². The number of piperidine rings is 1. The molecule has 0 aliphatic carbocycles. The predicted octanol–water partition coefficient (Wildman–Crippen LogP) is 2.08. The zero-order valence-electron chi connectivity index (χ0n) is 18.2. The Kier molecular flexibility index (Phi) is 6.06. The van der Waals surface area contributed by atoms with Gasteiger partial charge < -0.3 is 9.47 Å². The minimum Gasteiger partial charge on any atom is -0.341 e. The summed E-state index contributed by atoms with van der Waals surface area (Å²) >= 11 is 0. The maximum atomic E-state index is 13.4. The highest BCUT2D eigenvalue weighted by Gasteiger charge is 2.23. The molecule has 8 nitrogen and oxygen atoms in total. The number of hydrogen-bond acceptors (Lipinski definition) is 4. The SMILES string of the molecule is CC(C)Cn1cnc2c1c(=O)n(CC(=O)N1CCCCC1)c(=O)n2Cc1ccccc1. The Morgan fingerprint density at radius 2 is 1.74 bits per heavy atom. The minimum atomic E-state index is -0.499. The van der Waals surface area contributed by atoms with Gasteiger partial charge in [-0.05, 0) is 30.7 Å². The molecule has 1 fully saturated rings. The number of rotatable bonds is 6. The molecule has 0 atom stereocenters. The average Bonchev–Trinajstić information content (AvgIpc) is 3.18. The van der Waals surface area contributed by atoms with Crippen molar-refractivity contribution in [1.82, 2.24) is 23.6 Å². The van der Waals surface area contributed by atoms with E-state index in [1.165, 1.54) is 4.57 Å². The lowest BCUT2D eigenvalue weighted by Gasteiger charge is -2.27. The van der Waals surface area contributed by atoms with Crippen LogP contribution in [0.25, 0.3) is 11.2 Å². The zero-order chi connectivity index (χ0) is 22.0. The Bertz CT molecular complexity index is 1180. The average molecular weight is 424 g/mol. The lowest BCUT2D eigenvalue weighted by molar-refractivity contribution is -0.132. The lowest BCUT2D eigenvalue weighted by atomic mass is 10.1. The molecule has 0 unspecified atom stereocenters. The van der Waals surface area contributed by atoms with Gasteiger partial charge in [0.05, 0.1) is 12.9 Å². The molecule has 1 amide bonds. The van der Waals surface area contributed by atoms with Crippen LogP contribution < -0.4 is 11.2 Å². The quantitative estimate of drug-likeness (QED) is 0.608. The second-order valence-corrected chi connectivity index (χ2v) is 8.65. The molecule has 0 N–H and O–H groups in total. The third kappa shape index (κ3) is 4.33. The summed E-state index contributed by atoms with van der Waals surface area (Å²) in [6.45, 7) is 6.13. The molecule has 0 saturated carbocycles. The fourth-order valence-electron chi connectivity index (χ4n) is 4.20. The number of hydrogen-bond donors (Lipinski definition) is 0. The van der Waals surface area contributed by atoms with Crippen LogP contribution >= 0.6 is 0 Å². The molecule has 2 aromatic heterocycles. The number of amides is 1. The van der Waals surface area contributed by atoms with Crippen LogP contribution in [0.3, 0.4) is 0 Å². The molecule has 1 aromatic carbocycles. The number of carbonyl (C=O) groups is 1. The molecule has 1 aliphatic rings. The first-order valence-electron chi connectivity index (χ1n) is 11.0. The highest BCUT2D eigenvalue weighted by atomic mass is 16.2. The van der Waals surface area contributed by atoms with E-state index < -0.39 is 11.2 Å². The lowest BCUT2D eigenvalue weighted by Crippen LogP contribution is -2.46. The molecule has 0 bridgehead atoms. The van der Waals surface area contributed by atoms with Crippen LogP contribution in [0.15, 0.2) is 46.2 Å². The van der Waals surface area contributed by atoms with Gasteiger partial charge in [-0.1, -0.05) is 44.2 Å². The Labute approximate surface area is 180 Å². The normalized spacial score (nSPS) is 14.5. The molecule has 164 valence electrons. The molecule has 3 heterocycles. The van der Waals surface area contributed by atoms with Crippen LogP contribution in [0.4, 0.5) is 0 Å². The van der Waals surface area contributed by atoms with Gasteiger partial charge >= 0.3 is 5.69 Å². The van der Waals surface area contributed by atoms with Gasteiger partial charge in [0, 0.05) is 19.6 Å². The molecule has 1 aliphatic heterocycles. The van der Waals surface area contributed by atoms with Crippen LogP contribution in [-0.4, -0.2) is 42.6 Å². The Balaban J connectivity index is 1.83. The van der Waals surface area contributed by atoms with Gasteiger partial charge in [0.25, 0.3) is 5.56 Å². The zero-order valence-corrected chi connectivity index (χ0v) is 18.2. The van der Waals surface area contributed by atoms with E-state index in [0.717, 1.165) is 29.4 Å². The summed E-state index contributed by atoms with van der Waals surface area (Å²) in [7, 11) is 0. The Hall–Kier alpha value is -3.16. The fourth-order valence-corrected chi connectivity index (χ4v) is 4.20. The van der Waals surface area contributed by atoms with Gasteiger partial charge in [-0.3, -0.25) is 14.2 Å². The second-order valence-electron chi connectivity index (χ2n) is 8.65. The smallest absolute Gasteiger partial charge is 0.333 e. The predicted molar refractivity (Wildman–Crippen MR) is 119 cm³/mol. The van der Waals surface area contributed by atoms with Gasteiger partial charge in [-0.15, -0.1) is 0 Å². The van der Waals surface area contributed by atoms with E-state index in [2.05, 4.69) is 18.8 Å². The summed E-state index contributed by atoms with van der Waals surface area (Å²) in [5.74, 6) is 0.120. The van der Waals surface area contributed by atoms with E-state index in [1.807, 2.05) is 30.3 Å². The van der Waals surface area contributed by atoms with Crippen LogP contribution in [-0.2, 0) is 24.4 Å². The van der Waals surface area contributed by atoms with E-state index >= 15 is 0 Å². The summed E-state index contributed by atoms with van der Waals surface area (Å²) in [4.78, 5) is 45.8. The maximum Gasteiger partial charge on any atom is 0.333 e. The molecule has 3 aromatic rings. The van der Waals surface area contributed by atoms with Crippen molar-refractivity contribution in [3.63, 3.8) is 0 Å². The van der Waals surface area contributed by atoms with Crippen molar-refractivity contribution in [3.8, 4) is 0 Å². The number of carbonyl (C=O) groups excluding carboxylic acids is 1. The number of aromatic nitrogens is 4. The Morgan fingerprint density at radius 1 is 1.03 bits per heavy atom. The Morgan fingerprint density at radius 3 is 2.42 bits per heavy atom. The summed E-state index contributed by atoms with van der Waals surface area (Å²) in [6, 6.07) is 9.59. The molecular formula is C23H29N5O3. The highest BCUT2D eigenvalue weighted by Crippen LogP contribution is 2.13. The van der Waals surface area contributed by atoms with Crippen molar-refractivity contribution >= 4 is 17.1 Å². The van der Waals surface area contributed by atoms with Crippen LogP contribution in [0, 0.1) is 5.92 Å².